The van der Waals surface area contributed by atoms with Crippen LogP contribution in [0.5, 0.6) is 0 Å². The largest absolute Gasteiger partial charge is 0.370 e. The van der Waals surface area contributed by atoms with E-state index in [0.29, 0.717) is 13.1 Å². The molecule has 306 valence electrons. The molecule has 2 unspecified atom stereocenters. The fourth-order valence-electron chi connectivity index (χ4n) is 6.67. The van der Waals surface area contributed by atoms with Gasteiger partial charge >= 0.3 is 0 Å². The van der Waals surface area contributed by atoms with E-state index in [-0.39, 0.29) is 49.2 Å². The molecule has 0 radical (unpaired) electrons. The van der Waals surface area contributed by atoms with Gasteiger partial charge < -0.3 is 38.5 Å². The summed E-state index contributed by atoms with van der Waals surface area (Å²) in [4.78, 5) is 38.2. The van der Waals surface area contributed by atoms with Crippen molar-refractivity contribution in [2.45, 2.75) is 194 Å². The number of hydrogen-bond donors (Lipinski definition) is 6. The maximum atomic E-state index is 13.3. The van der Waals surface area contributed by atoms with Gasteiger partial charge in [-0.05, 0) is 26.7 Å². The zero-order valence-electron chi connectivity index (χ0n) is 34.3. The third kappa shape index (κ3) is 31.0. The molecule has 0 fully saturated rings. The van der Waals surface area contributed by atoms with E-state index in [2.05, 4.69) is 34.5 Å². The summed E-state index contributed by atoms with van der Waals surface area (Å²) in [7, 11) is 0. The van der Waals surface area contributed by atoms with Gasteiger partial charge in [0, 0.05) is 26.2 Å². The van der Waals surface area contributed by atoms with Crippen molar-refractivity contribution in [3.05, 3.63) is 0 Å². The maximum absolute atomic E-state index is 13.3. The van der Waals surface area contributed by atoms with Crippen LogP contribution in [0.1, 0.15) is 182 Å². The van der Waals surface area contributed by atoms with E-state index < -0.39 is 0 Å². The Kier molecular flexibility index (Phi) is 33.7. The number of nitrogens with zero attached hydrogens (tertiary/aromatic N) is 4. The lowest BCUT2D eigenvalue weighted by molar-refractivity contribution is -0.132. The Hall–Kier alpha value is -2.60. The zero-order valence-corrected chi connectivity index (χ0v) is 34.3. The van der Waals surface area contributed by atoms with Crippen LogP contribution in [-0.4, -0.2) is 85.1 Å². The van der Waals surface area contributed by atoms with Gasteiger partial charge in [0.25, 0.3) is 0 Å². The van der Waals surface area contributed by atoms with Crippen molar-refractivity contribution in [2.75, 3.05) is 39.3 Å². The maximum Gasteiger partial charge on any atom is 0.241 e. The van der Waals surface area contributed by atoms with Gasteiger partial charge in [-0.1, -0.05) is 155 Å². The highest BCUT2D eigenvalue weighted by molar-refractivity contribution is 5.85. The second-order valence-electron chi connectivity index (χ2n) is 14.7. The summed E-state index contributed by atoms with van der Waals surface area (Å²) in [6.07, 6.45) is 30.3. The Morgan fingerprint density at radius 1 is 0.519 bits per heavy atom. The summed E-state index contributed by atoms with van der Waals surface area (Å²) >= 11 is 0. The average molecular weight is 737 g/mol. The minimum absolute atomic E-state index is 0.00258. The Bertz CT molecular complexity index is 857. The molecule has 10 N–H and O–H groups in total. The highest BCUT2D eigenvalue weighted by Gasteiger charge is 2.20. The second kappa shape index (κ2) is 35.4. The summed E-state index contributed by atoms with van der Waals surface area (Å²) < 4.78 is 0. The molecule has 0 aromatic rings. The first-order chi connectivity index (χ1) is 25.1. The van der Waals surface area contributed by atoms with Crippen LogP contribution in [0.2, 0.25) is 0 Å². The van der Waals surface area contributed by atoms with Crippen molar-refractivity contribution in [3.63, 3.8) is 0 Å². The molecule has 0 aromatic carbocycles. The van der Waals surface area contributed by atoms with Crippen LogP contribution in [0.15, 0.2) is 9.98 Å². The average Bonchev–Trinajstić information content (AvgIpc) is 3.09. The van der Waals surface area contributed by atoms with E-state index in [1.165, 1.54) is 128 Å². The Labute approximate surface area is 319 Å². The molecule has 0 spiro atoms. The number of guanidine groups is 2. The summed E-state index contributed by atoms with van der Waals surface area (Å²) in [6, 6.07) is 0. The van der Waals surface area contributed by atoms with Crippen LogP contribution in [0.4, 0.5) is 0 Å². The highest BCUT2D eigenvalue weighted by atomic mass is 16.2. The lowest BCUT2D eigenvalue weighted by atomic mass is 10.0. The molecular weight excluding hydrogens is 653 g/mol. The zero-order chi connectivity index (χ0) is 38.7. The minimum Gasteiger partial charge on any atom is -0.370 e. The molecule has 0 aliphatic rings. The molecule has 0 aromatic heterocycles. The molecule has 0 bridgehead atoms. The van der Waals surface area contributed by atoms with E-state index >= 15 is 0 Å². The molecule has 0 saturated carbocycles. The molecule has 2 atom stereocenters. The number of rotatable bonds is 37. The lowest BCUT2D eigenvalue weighted by Gasteiger charge is -2.30. The van der Waals surface area contributed by atoms with Gasteiger partial charge in [-0.3, -0.25) is 14.5 Å². The standard InChI is InChI=1S/C40H84N10O2/c1-5-7-9-11-13-15-17-19-21-23-25-27-30-49(31-28-26-24-22-20-18-16-14-12-10-8-6-2)38(52)34-46-37(51)33-45-29-32-50(35(3)47-39(41)42)36(4)48-40(43)44/h35-36,45H,5-34H2,1-4H3,(H,46,51)(H4,41,42,47)(H4,43,44,48). The van der Waals surface area contributed by atoms with E-state index in [4.69, 9.17) is 22.9 Å². The van der Waals surface area contributed by atoms with Gasteiger partial charge in [0.15, 0.2) is 11.9 Å². The van der Waals surface area contributed by atoms with Gasteiger partial charge in [0.1, 0.15) is 12.3 Å². The van der Waals surface area contributed by atoms with Gasteiger partial charge in [-0.2, -0.15) is 0 Å². The number of unbranched alkanes of at least 4 members (excludes halogenated alkanes) is 22. The SMILES string of the molecule is CCCCCCCCCCCCCCN(CCCCCCCCCCCCCC)C(=O)CNC(=O)CNCCN(C(C)N=C(N)N)C(C)N=C(N)N. The summed E-state index contributed by atoms with van der Waals surface area (Å²) in [5, 5.41) is 5.96. The number of nitrogens with one attached hydrogen (secondary N) is 2. The van der Waals surface area contributed by atoms with Gasteiger partial charge in [-0.25, -0.2) is 9.98 Å². The number of carbonyl (C=O) groups excluding carboxylic acids is 2. The Balaban J connectivity index is 4.64. The topological polar surface area (TPSA) is 193 Å². The Morgan fingerprint density at radius 3 is 1.21 bits per heavy atom. The number of amides is 2. The molecule has 0 rings (SSSR count). The van der Waals surface area contributed by atoms with Crippen molar-refractivity contribution >= 4 is 23.7 Å². The van der Waals surface area contributed by atoms with Crippen LogP contribution < -0.4 is 33.6 Å². The third-order valence-corrected chi connectivity index (χ3v) is 9.82. The van der Waals surface area contributed by atoms with Crippen LogP contribution >= 0.6 is 0 Å². The fraction of sp³-hybridized carbons (Fsp3) is 0.900. The third-order valence-electron chi connectivity index (χ3n) is 9.82. The molecule has 0 aliphatic heterocycles. The predicted octanol–water partition coefficient (Wildman–Crippen LogP) is 6.46. The van der Waals surface area contributed by atoms with Crippen molar-refractivity contribution in [3.8, 4) is 0 Å². The molecule has 12 heteroatoms. The Morgan fingerprint density at radius 2 is 0.865 bits per heavy atom. The first-order valence-electron chi connectivity index (χ1n) is 21.3. The lowest BCUT2D eigenvalue weighted by Crippen LogP contribution is -2.47. The molecule has 2 amide bonds. The minimum atomic E-state index is -0.363. The van der Waals surface area contributed by atoms with Crippen molar-refractivity contribution in [2.24, 2.45) is 32.9 Å². The number of hydrogen-bond acceptors (Lipinski definition) is 6. The first-order valence-corrected chi connectivity index (χ1v) is 21.3. The fourth-order valence-corrected chi connectivity index (χ4v) is 6.67. The van der Waals surface area contributed by atoms with Crippen LogP contribution in [0.25, 0.3) is 0 Å². The van der Waals surface area contributed by atoms with E-state index in [0.717, 1.165) is 38.8 Å². The van der Waals surface area contributed by atoms with Crippen molar-refractivity contribution in [1.29, 1.82) is 0 Å². The van der Waals surface area contributed by atoms with E-state index in [9.17, 15) is 9.59 Å². The van der Waals surface area contributed by atoms with Crippen LogP contribution in [0.3, 0.4) is 0 Å². The molecular formula is C40H84N10O2. The van der Waals surface area contributed by atoms with E-state index in [1.807, 2.05) is 23.6 Å². The summed E-state index contributed by atoms with van der Waals surface area (Å²) in [5.74, 6) is -0.274. The van der Waals surface area contributed by atoms with Crippen molar-refractivity contribution < 1.29 is 9.59 Å². The highest BCUT2D eigenvalue weighted by Crippen LogP contribution is 2.14. The molecule has 52 heavy (non-hydrogen) atoms. The monoisotopic (exact) mass is 737 g/mol. The van der Waals surface area contributed by atoms with Crippen LogP contribution in [-0.2, 0) is 9.59 Å². The van der Waals surface area contributed by atoms with Crippen molar-refractivity contribution in [1.82, 2.24) is 20.4 Å². The number of aliphatic imine (C=N–C) groups is 2. The number of nitrogens with two attached hydrogens (primary N) is 4. The van der Waals surface area contributed by atoms with Gasteiger partial charge in [-0.15, -0.1) is 0 Å². The predicted molar refractivity (Wildman–Crippen MR) is 222 cm³/mol. The smallest absolute Gasteiger partial charge is 0.241 e. The molecule has 0 aliphatic carbocycles. The number of carbonyl (C=O) groups is 2. The first kappa shape index (κ1) is 49.4. The van der Waals surface area contributed by atoms with E-state index in [1.54, 1.807) is 0 Å². The van der Waals surface area contributed by atoms with Gasteiger partial charge in [0.2, 0.25) is 11.8 Å². The van der Waals surface area contributed by atoms with Gasteiger partial charge in [0.05, 0.1) is 13.1 Å². The molecule has 0 saturated heterocycles. The summed E-state index contributed by atoms with van der Waals surface area (Å²) in [6.45, 7) is 10.8. The molecule has 0 heterocycles. The normalized spacial score (nSPS) is 12.4. The quantitative estimate of drug-likeness (QED) is 0.0238. The molecule has 12 nitrogen and oxygen atoms in total. The summed E-state index contributed by atoms with van der Waals surface area (Å²) in [5.41, 5.74) is 22.3. The van der Waals surface area contributed by atoms with Crippen LogP contribution in [0, 0.1) is 0 Å². The second-order valence-corrected chi connectivity index (χ2v) is 14.7.